The van der Waals surface area contributed by atoms with Crippen LogP contribution in [0.25, 0.3) is 17.2 Å². The van der Waals surface area contributed by atoms with Crippen molar-refractivity contribution in [1.82, 2.24) is 29.5 Å². The van der Waals surface area contributed by atoms with Crippen molar-refractivity contribution in [2.24, 2.45) is 0 Å². The Morgan fingerprint density at radius 1 is 1.00 bits per heavy atom. The first-order chi connectivity index (χ1) is 17.0. The van der Waals surface area contributed by atoms with Gasteiger partial charge in [0.05, 0.1) is 12.3 Å². The molecule has 0 aliphatic heterocycles. The largest absolute Gasteiger partial charge is 0.360 e. The smallest absolute Gasteiger partial charge is 0.192 e. The number of carbonyl (C=O) groups excluding carboxylic acids is 1. The molecule has 35 heavy (non-hydrogen) atoms. The second-order valence-electron chi connectivity index (χ2n) is 8.24. The van der Waals surface area contributed by atoms with Gasteiger partial charge in [-0.1, -0.05) is 47.3 Å². The van der Waals surface area contributed by atoms with E-state index in [0.717, 1.165) is 34.1 Å². The number of pyridine rings is 1. The lowest BCUT2D eigenvalue weighted by Crippen LogP contribution is -2.08. The van der Waals surface area contributed by atoms with Crippen LogP contribution in [0.15, 0.2) is 76.7 Å². The third kappa shape index (κ3) is 4.67. The van der Waals surface area contributed by atoms with Crippen LogP contribution in [0.3, 0.4) is 0 Å². The fourth-order valence-corrected chi connectivity index (χ4v) is 4.90. The second-order valence-corrected chi connectivity index (χ2v) is 9.18. The third-order valence-electron chi connectivity index (χ3n) is 5.75. The Morgan fingerprint density at radius 3 is 2.49 bits per heavy atom. The molecule has 0 unspecified atom stereocenters. The highest BCUT2D eigenvalue weighted by molar-refractivity contribution is 7.99. The Bertz CT molecular complexity index is 1470. The molecule has 0 radical (unpaired) electrons. The maximum Gasteiger partial charge on any atom is 0.192 e. The molecule has 4 heterocycles. The van der Waals surface area contributed by atoms with Gasteiger partial charge in [0.1, 0.15) is 5.76 Å². The van der Waals surface area contributed by atoms with Crippen LogP contribution < -0.4 is 0 Å². The lowest BCUT2D eigenvalue weighted by Gasteiger charge is -2.10. The predicted octanol–water partition coefficient (Wildman–Crippen LogP) is 5.07. The number of hydrogen-bond donors (Lipinski definition) is 0. The molecule has 0 bridgehead atoms. The summed E-state index contributed by atoms with van der Waals surface area (Å²) in [5.41, 5.74) is 4.48. The van der Waals surface area contributed by atoms with Gasteiger partial charge in [0.15, 0.2) is 22.6 Å². The molecule has 0 saturated carbocycles. The van der Waals surface area contributed by atoms with E-state index in [9.17, 15) is 4.79 Å². The van der Waals surface area contributed by atoms with Gasteiger partial charge in [0.25, 0.3) is 0 Å². The summed E-state index contributed by atoms with van der Waals surface area (Å²) in [5.74, 6) is 2.40. The minimum atomic E-state index is 0.0225. The number of nitrogens with zero attached hydrogens (tertiary/aromatic N) is 6. The van der Waals surface area contributed by atoms with Crippen LogP contribution in [0.1, 0.15) is 33.1 Å². The summed E-state index contributed by atoms with van der Waals surface area (Å²) in [6.45, 7) is 6.33. The maximum absolute atomic E-state index is 13.2. The van der Waals surface area contributed by atoms with Crippen molar-refractivity contribution in [1.29, 1.82) is 0 Å². The molecule has 0 fully saturated rings. The van der Waals surface area contributed by atoms with E-state index in [2.05, 4.69) is 32.5 Å². The fourth-order valence-electron chi connectivity index (χ4n) is 4.08. The number of aryl methyl sites for hydroxylation is 2. The van der Waals surface area contributed by atoms with Gasteiger partial charge in [0.2, 0.25) is 0 Å². The standard InChI is InChI=1S/C26H24N6O2S/c1-17-13-22(19(3)32(17)24-14-18(2)34-30-24)23(33)16-35-26-29-28-25(21-9-11-27-12-10-21)31(26)15-20-7-5-4-6-8-20/h4-14H,15-16H2,1-3H3. The zero-order valence-corrected chi connectivity index (χ0v) is 20.5. The molecule has 0 spiro atoms. The number of rotatable bonds is 8. The zero-order chi connectivity index (χ0) is 24.4. The summed E-state index contributed by atoms with van der Waals surface area (Å²) in [4.78, 5) is 17.3. The second kappa shape index (κ2) is 9.71. The van der Waals surface area contributed by atoms with Crippen LogP contribution in [0.2, 0.25) is 0 Å². The van der Waals surface area contributed by atoms with Crippen molar-refractivity contribution in [2.45, 2.75) is 32.5 Å². The topological polar surface area (TPSA) is 91.6 Å². The van der Waals surface area contributed by atoms with Gasteiger partial charge in [-0.3, -0.25) is 18.9 Å². The van der Waals surface area contributed by atoms with E-state index in [-0.39, 0.29) is 11.5 Å². The van der Waals surface area contributed by atoms with Crippen molar-refractivity contribution in [2.75, 3.05) is 5.75 Å². The summed E-state index contributed by atoms with van der Waals surface area (Å²) >= 11 is 1.39. The van der Waals surface area contributed by atoms with Gasteiger partial charge in [-0.05, 0) is 44.5 Å². The first-order valence-corrected chi connectivity index (χ1v) is 12.2. The van der Waals surface area contributed by atoms with E-state index in [0.29, 0.717) is 23.1 Å². The number of hydrogen-bond acceptors (Lipinski definition) is 7. The van der Waals surface area contributed by atoms with Crippen molar-refractivity contribution in [3.63, 3.8) is 0 Å². The Kier molecular flexibility index (Phi) is 6.33. The Hall–Kier alpha value is -3.98. The van der Waals surface area contributed by atoms with Crippen LogP contribution in [0.4, 0.5) is 0 Å². The molecule has 1 aromatic carbocycles. The van der Waals surface area contributed by atoms with Crippen molar-refractivity contribution in [3.05, 3.63) is 95.3 Å². The molecule has 5 rings (SSSR count). The third-order valence-corrected chi connectivity index (χ3v) is 6.71. The average molecular weight is 485 g/mol. The molecule has 8 nitrogen and oxygen atoms in total. The number of carbonyl (C=O) groups is 1. The summed E-state index contributed by atoms with van der Waals surface area (Å²) in [6.07, 6.45) is 3.47. The van der Waals surface area contributed by atoms with E-state index in [1.807, 2.05) is 72.4 Å². The minimum Gasteiger partial charge on any atom is -0.360 e. The van der Waals surface area contributed by atoms with Crippen LogP contribution >= 0.6 is 11.8 Å². The van der Waals surface area contributed by atoms with Gasteiger partial charge in [-0.2, -0.15) is 0 Å². The highest BCUT2D eigenvalue weighted by Crippen LogP contribution is 2.27. The normalized spacial score (nSPS) is 11.2. The summed E-state index contributed by atoms with van der Waals surface area (Å²) in [5, 5.41) is 13.7. The van der Waals surface area contributed by atoms with E-state index >= 15 is 0 Å². The number of aromatic nitrogens is 6. The van der Waals surface area contributed by atoms with Gasteiger partial charge in [0, 0.05) is 41.0 Å². The number of ketones is 1. The molecular formula is C26H24N6O2S. The van der Waals surface area contributed by atoms with E-state index in [4.69, 9.17) is 4.52 Å². The van der Waals surface area contributed by atoms with Gasteiger partial charge >= 0.3 is 0 Å². The summed E-state index contributed by atoms with van der Waals surface area (Å²) in [6, 6.07) is 17.7. The van der Waals surface area contributed by atoms with Crippen molar-refractivity contribution in [3.8, 4) is 17.2 Å². The lowest BCUT2D eigenvalue weighted by atomic mass is 10.2. The summed E-state index contributed by atoms with van der Waals surface area (Å²) < 4.78 is 9.21. The molecule has 0 atom stereocenters. The van der Waals surface area contributed by atoms with E-state index in [1.165, 1.54) is 11.8 Å². The lowest BCUT2D eigenvalue weighted by molar-refractivity contribution is 0.102. The van der Waals surface area contributed by atoms with Crippen molar-refractivity contribution < 1.29 is 9.32 Å². The summed E-state index contributed by atoms with van der Waals surface area (Å²) in [7, 11) is 0. The highest BCUT2D eigenvalue weighted by Gasteiger charge is 2.21. The molecule has 0 saturated heterocycles. The zero-order valence-electron chi connectivity index (χ0n) is 19.7. The monoisotopic (exact) mass is 484 g/mol. The number of thioether (sulfide) groups is 1. The van der Waals surface area contributed by atoms with E-state index < -0.39 is 0 Å². The van der Waals surface area contributed by atoms with Gasteiger partial charge in [-0.25, -0.2) is 0 Å². The van der Waals surface area contributed by atoms with Crippen molar-refractivity contribution >= 4 is 17.5 Å². The fraction of sp³-hybridized carbons (Fsp3) is 0.192. The Balaban J connectivity index is 1.41. The molecule has 176 valence electrons. The Morgan fingerprint density at radius 2 is 1.77 bits per heavy atom. The highest BCUT2D eigenvalue weighted by atomic mass is 32.2. The SMILES string of the molecule is Cc1cc(-n2c(C)cc(C(=O)CSc3nnc(-c4ccncc4)n3Cc3ccccc3)c2C)no1. The number of benzene rings is 1. The van der Waals surface area contributed by atoms with Crippen LogP contribution in [-0.4, -0.2) is 41.0 Å². The maximum atomic E-state index is 13.2. The van der Waals surface area contributed by atoms with Crippen LogP contribution in [-0.2, 0) is 6.54 Å². The van der Waals surface area contributed by atoms with Gasteiger partial charge in [-0.15, -0.1) is 10.2 Å². The molecule has 0 aliphatic rings. The molecule has 0 N–H and O–H groups in total. The quantitative estimate of drug-likeness (QED) is 0.224. The molecule has 5 aromatic rings. The number of Topliss-reactive ketones (excluding diaryl/α,β-unsaturated/α-hetero) is 1. The van der Waals surface area contributed by atoms with Crippen LogP contribution in [0.5, 0.6) is 0 Å². The molecule has 9 heteroatoms. The van der Waals surface area contributed by atoms with Crippen LogP contribution in [0, 0.1) is 20.8 Å². The molecule has 4 aromatic heterocycles. The van der Waals surface area contributed by atoms with E-state index in [1.54, 1.807) is 12.4 Å². The first-order valence-electron chi connectivity index (χ1n) is 11.2. The first kappa shape index (κ1) is 22.8. The Labute approximate surface area is 207 Å². The molecular weight excluding hydrogens is 460 g/mol. The molecule has 0 aliphatic carbocycles. The molecule has 0 amide bonds. The average Bonchev–Trinajstić information content (AvgIpc) is 3.55. The van der Waals surface area contributed by atoms with Gasteiger partial charge < -0.3 is 4.52 Å². The minimum absolute atomic E-state index is 0.0225. The predicted molar refractivity (Wildman–Crippen MR) is 134 cm³/mol.